The van der Waals surface area contributed by atoms with E-state index in [2.05, 4.69) is 0 Å². The first-order chi connectivity index (χ1) is 16.6. The lowest BCUT2D eigenvalue weighted by atomic mass is 9.76. The number of nitrogens with two attached hydrogens (primary N) is 1. The summed E-state index contributed by atoms with van der Waals surface area (Å²) in [6, 6.07) is 16.9. The highest BCUT2D eigenvalue weighted by atomic mass is 32.2. The Bertz CT molecular complexity index is 1120. The molecule has 5 N–H and O–H groups in total. The number of nitrogens with one attached hydrogen (secondary N) is 2. The minimum absolute atomic E-state index is 0.0323. The third kappa shape index (κ3) is 7.00. The normalized spacial score (nSPS) is 15.2. The van der Waals surface area contributed by atoms with Crippen molar-refractivity contribution in [3.05, 3.63) is 77.4 Å². The molecule has 2 amide bonds. The number of benzene rings is 2. The fourth-order valence-electron chi connectivity index (χ4n) is 4.46. The average Bonchev–Trinajstić information content (AvgIpc) is 2.84. The summed E-state index contributed by atoms with van der Waals surface area (Å²) in [5, 5.41) is 9.54. The third-order valence-corrected chi connectivity index (χ3v) is 8.37. The summed E-state index contributed by atoms with van der Waals surface area (Å²) in [6.45, 7) is 3.70. The lowest BCUT2D eigenvalue weighted by Crippen LogP contribution is -2.55. The number of sulfone groups is 1. The van der Waals surface area contributed by atoms with E-state index >= 15 is 0 Å². The van der Waals surface area contributed by atoms with Gasteiger partial charge in [-0.3, -0.25) is 20.2 Å². The molecule has 0 aliphatic heterocycles. The van der Waals surface area contributed by atoms with Crippen LogP contribution >= 0.6 is 0 Å². The van der Waals surface area contributed by atoms with E-state index in [1.54, 1.807) is 18.5 Å². The van der Waals surface area contributed by atoms with Crippen molar-refractivity contribution in [1.82, 2.24) is 10.9 Å². The Labute approximate surface area is 207 Å². The number of hydrogen-bond donors (Lipinski definition) is 4. The molecule has 8 nitrogen and oxygen atoms in total. The Morgan fingerprint density at radius 3 is 2.26 bits per heavy atom. The molecular formula is C26H35N3O5S. The van der Waals surface area contributed by atoms with Crippen LogP contribution in [0.4, 0.5) is 0 Å². The topological polar surface area (TPSA) is 139 Å². The third-order valence-electron chi connectivity index (χ3n) is 6.40. The van der Waals surface area contributed by atoms with Gasteiger partial charge in [0.05, 0.1) is 5.92 Å². The van der Waals surface area contributed by atoms with E-state index < -0.39 is 38.2 Å². The van der Waals surface area contributed by atoms with Crippen molar-refractivity contribution in [2.75, 3.05) is 6.26 Å². The molecule has 3 atom stereocenters. The van der Waals surface area contributed by atoms with E-state index in [9.17, 15) is 23.2 Å². The fourth-order valence-corrected chi connectivity index (χ4v) is 5.91. The molecule has 35 heavy (non-hydrogen) atoms. The van der Waals surface area contributed by atoms with E-state index in [4.69, 9.17) is 5.84 Å². The summed E-state index contributed by atoms with van der Waals surface area (Å²) in [7, 11) is -3.94. The van der Waals surface area contributed by atoms with Crippen molar-refractivity contribution in [2.24, 2.45) is 11.8 Å². The highest BCUT2D eigenvalue weighted by Crippen LogP contribution is 2.41. The quantitative estimate of drug-likeness (QED) is 0.152. The average molecular weight is 502 g/mol. The maximum atomic E-state index is 13.0. The van der Waals surface area contributed by atoms with Crippen LogP contribution in [0.2, 0.25) is 0 Å². The van der Waals surface area contributed by atoms with Crippen molar-refractivity contribution in [2.45, 2.75) is 50.2 Å². The van der Waals surface area contributed by atoms with E-state index in [0.717, 1.165) is 17.4 Å². The number of hydroxylamine groups is 1. The number of carbonyl (C=O) groups excluding carboxylic acids is 2. The Kier molecular flexibility index (Phi) is 10.2. The molecule has 0 fully saturated rings. The number of amides is 2. The molecule has 0 saturated heterocycles. The largest absolute Gasteiger partial charge is 0.293 e. The smallest absolute Gasteiger partial charge is 0.255 e. The van der Waals surface area contributed by atoms with Gasteiger partial charge in [-0.05, 0) is 43.2 Å². The number of carbonyl (C=O) groups is 2. The van der Waals surface area contributed by atoms with Crippen molar-refractivity contribution in [3.8, 4) is 0 Å². The van der Waals surface area contributed by atoms with Crippen molar-refractivity contribution < 1.29 is 23.2 Å². The summed E-state index contributed by atoms with van der Waals surface area (Å²) in [4.78, 5) is 25.9. The van der Waals surface area contributed by atoms with Gasteiger partial charge in [-0.25, -0.2) is 19.7 Å². The molecule has 0 saturated carbocycles. The number of hydrazine groups is 1. The van der Waals surface area contributed by atoms with Gasteiger partial charge >= 0.3 is 0 Å². The highest BCUT2D eigenvalue weighted by molar-refractivity contribution is 7.92. The molecule has 0 radical (unpaired) electrons. The Morgan fingerprint density at radius 1 is 1.11 bits per heavy atom. The summed E-state index contributed by atoms with van der Waals surface area (Å²) < 4.78 is 24.2. The predicted octanol–water partition coefficient (Wildman–Crippen LogP) is 3.27. The lowest BCUT2D eigenvalue weighted by Gasteiger charge is -2.36. The van der Waals surface area contributed by atoms with Crippen LogP contribution in [0.5, 0.6) is 0 Å². The van der Waals surface area contributed by atoms with Gasteiger partial charge in [0.25, 0.3) is 5.91 Å². The highest BCUT2D eigenvalue weighted by Gasteiger charge is 2.50. The molecule has 2 rings (SSSR count). The zero-order valence-electron chi connectivity index (χ0n) is 20.4. The fraction of sp³-hybridized carbons (Fsp3) is 0.385. The van der Waals surface area contributed by atoms with Gasteiger partial charge in [-0.1, -0.05) is 85.7 Å². The van der Waals surface area contributed by atoms with Gasteiger partial charge in [-0.2, -0.15) is 0 Å². The Hall–Kier alpha value is -3.01. The summed E-state index contributed by atoms with van der Waals surface area (Å²) in [5.41, 5.74) is 6.36. The molecule has 0 spiro atoms. The number of hydrogen-bond acceptors (Lipinski definition) is 6. The van der Waals surface area contributed by atoms with Gasteiger partial charge in [-0.15, -0.1) is 0 Å². The van der Waals surface area contributed by atoms with Crippen LogP contribution in [0.25, 0.3) is 6.08 Å². The molecule has 0 aromatic heterocycles. The van der Waals surface area contributed by atoms with Gasteiger partial charge in [0.15, 0.2) is 14.6 Å². The minimum Gasteiger partial charge on any atom is -0.293 e. The van der Waals surface area contributed by atoms with Gasteiger partial charge in [0.2, 0.25) is 5.91 Å². The first kappa shape index (κ1) is 28.2. The monoisotopic (exact) mass is 501 g/mol. The van der Waals surface area contributed by atoms with Gasteiger partial charge in [0.1, 0.15) is 0 Å². The number of rotatable bonds is 12. The first-order valence-electron chi connectivity index (χ1n) is 11.5. The van der Waals surface area contributed by atoms with Crippen LogP contribution in [-0.2, 0) is 19.4 Å². The van der Waals surface area contributed by atoms with Crippen molar-refractivity contribution >= 4 is 27.7 Å². The van der Waals surface area contributed by atoms with Gasteiger partial charge < -0.3 is 0 Å². The molecular weight excluding hydrogens is 466 g/mol. The molecule has 2 aromatic carbocycles. The zero-order chi connectivity index (χ0) is 26.1. The van der Waals surface area contributed by atoms with Crippen LogP contribution in [0.3, 0.4) is 0 Å². The minimum atomic E-state index is -3.94. The molecule has 0 bridgehead atoms. The van der Waals surface area contributed by atoms with E-state index in [0.29, 0.717) is 12.0 Å². The maximum absolute atomic E-state index is 13.0. The second kappa shape index (κ2) is 12.6. The lowest BCUT2D eigenvalue weighted by molar-refractivity contribution is -0.134. The van der Waals surface area contributed by atoms with E-state index in [-0.39, 0.29) is 19.3 Å². The molecule has 2 aromatic rings. The van der Waals surface area contributed by atoms with E-state index in [1.165, 1.54) is 0 Å². The maximum Gasteiger partial charge on any atom is 0.255 e. The number of aryl methyl sites for hydroxylation is 1. The summed E-state index contributed by atoms with van der Waals surface area (Å²) in [5.74, 6) is 2.39. The molecule has 190 valence electrons. The van der Waals surface area contributed by atoms with Crippen LogP contribution in [0, 0.1) is 12.8 Å². The summed E-state index contributed by atoms with van der Waals surface area (Å²) in [6.07, 6.45) is 5.14. The van der Waals surface area contributed by atoms with Crippen LogP contribution in [0.15, 0.2) is 60.7 Å². The van der Waals surface area contributed by atoms with Crippen LogP contribution < -0.4 is 16.7 Å². The van der Waals surface area contributed by atoms with Crippen LogP contribution in [-0.4, -0.2) is 36.4 Å². The second-order valence-electron chi connectivity index (χ2n) is 8.84. The number of allylic oxidation sites excluding steroid dienone is 1. The Balaban J connectivity index is 2.62. The van der Waals surface area contributed by atoms with Crippen molar-refractivity contribution in [3.63, 3.8) is 0 Å². The molecule has 1 unspecified atom stereocenters. The standard InChI is InChI=1S/C26H35N3O5S/c1-4-17-26(25(31)28-27,35(3,33)34)18-23(21-15-13-19(2)14-16-21)22(24(30)29-32)12-8-11-20-9-6-5-7-10-20/h5-11,13-16,22-23,32H,4,12,17-18,27H2,1-3H3,(H,28,31)(H,29,30)/b11-8+/t22-,23-,26?/m0/s1. The molecule has 0 aliphatic carbocycles. The van der Waals surface area contributed by atoms with Crippen molar-refractivity contribution in [1.29, 1.82) is 0 Å². The molecule has 9 heteroatoms. The van der Waals surface area contributed by atoms with E-state index in [1.807, 2.05) is 73.0 Å². The van der Waals surface area contributed by atoms with Crippen LogP contribution in [0.1, 0.15) is 55.2 Å². The molecule has 0 aliphatic rings. The Morgan fingerprint density at radius 2 is 1.74 bits per heavy atom. The molecule has 0 heterocycles. The first-order valence-corrected chi connectivity index (χ1v) is 13.4. The predicted molar refractivity (Wildman–Crippen MR) is 137 cm³/mol. The second-order valence-corrected chi connectivity index (χ2v) is 11.2. The SMILES string of the molecule is CCCC(C[C@@H](c1ccc(C)cc1)[C@H](C/C=C/c1ccccc1)C(=O)NO)(C(=O)NN)S(C)(=O)=O. The summed E-state index contributed by atoms with van der Waals surface area (Å²) >= 11 is 0. The van der Waals surface area contributed by atoms with Gasteiger partial charge in [0, 0.05) is 6.26 Å². The zero-order valence-corrected chi connectivity index (χ0v) is 21.2.